The van der Waals surface area contributed by atoms with Crippen molar-refractivity contribution >= 4 is 57.2 Å². The molecule has 2 N–H and O–H groups in total. The summed E-state index contributed by atoms with van der Waals surface area (Å²) < 4.78 is 27.6. The minimum absolute atomic E-state index is 0.0186. The van der Waals surface area contributed by atoms with Crippen LogP contribution in [-0.2, 0) is 0 Å². The van der Waals surface area contributed by atoms with Crippen molar-refractivity contribution in [2.24, 2.45) is 0 Å². The zero-order chi connectivity index (χ0) is 19.7. The average molecular weight is 417 g/mol. The van der Waals surface area contributed by atoms with E-state index in [0.717, 1.165) is 0 Å². The SMILES string of the molecule is Fc1cc(Nc2nc3ccccc3nc2Nc2ccc(Cl)c(F)c2)ccc1Cl. The third-order valence-electron chi connectivity index (χ3n) is 3.94. The number of hydrogen-bond donors (Lipinski definition) is 2. The van der Waals surface area contributed by atoms with Crippen LogP contribution in [0.4, 0.5) is 31.8 Å². The second-order valence-electron chi connectivity index (χ2n) is 5.92. The average Bonchev–Trinajstić information content (AvgIpc) is 2.68. The number of fused-ring (bicyclic) bond motifs is 1. The number of rotatable bonds is 4. The van der Waals surface area contributed by atoms with Gasteiger partial charge in [0.05, 0.1) is 21.1 Å². The van der Waals surface area contributed by atoms with E-state index in [0.29, 0.717) is 34.0 Å². The van der Waals surface area contributed by atoms with E-state index >= 15 is 0 Å². The Kier molecular flexibility index (Phi) is 4.98. The van der Waals surface area contributed by atoms with E-state index in [-0.39, 0.29) is 10.0 Å². The summed E-state index contributed by atoms with van der Waals surface area (Å²) in [4.78, 5) is 9.09. The molecule has 0 unspecified atom stereocenters. The van der Waals surface area contributed by atoms with Crippen molar-refractivity contribution in [3.8, 4) is 0 Å². The van der Waals surface area contributed by atoms with E-state index in [4.69, 9.17) is 23.2 Å². The first-order valence-corrected chi connectivity index (χ1v) is 8.96. The molecule has 4 nitrogen and oxygen atoms in total. The smallest absolute Gasteiger partial charge is 0.174 e. The van der Waals surface area contributed by atoms with Crippen LogP contribution >= 0.6 is 23.2 Å². The van der Waals surface area contributed by atoms with Gasteiger partial charge in [0.15, 0.2) is 11.6 Å². The third kappa shape index (κ3) is 3.83. The first kappa shape index (κ1) is 18.4. The van der Waals surface area contributed by atoms with Crippen molar-refractivity contribution in [2.45, 2.75) is 0 Å². The van der Waals surface area contributed by atoms with Gasteiger partial charge in [-0.2, -0.15) is 0 Å². The largest absolute Gasteiger partial charge is 0.337 e. The molecule has 0 bridgehead atoms. The van der Waals surface area contributed by atoms with Gasteiger partial charge in [0, 0.05) is 11.4 Å². The Hall–Kier alpha value is -2.96. The fourth-order valence-electron chi connectivity index (χ4n) is 2.60. The van der Waals surface area contributed by atoms with Gasteiger partial charge in [-0.15, -0.1) is 0 Å². The Morgan fingerprint density at radius 1 is 0.643 bits per heavy atom. The molecule has 0 saturated carbocycles. The Bertz CT molecular complexity index is 1090. The van der Waals surface area contributed by atoms with Gasteiger partial charge in [-0.25, -0.2) is 18.7 Å². The quantitative estimate of drug-likeness (QED) is 0.388. The van der Waals surface area contributed by atoms with Crippen LogP contribution in [0.1, 0.15) is 0 Å². The zero-order valence-corrected chi connectivity index (χ0v) is 15.7. The number of nitrogens with one attached hydrogen (secondary N) is 2. The highest BCUT2D eigenvalue weighted by atomic mass is 35.5. The number of para-hydroxylation sites is 2. The van der Waals surface area contributed by atoms with Crippen molar-refractivity contribution < 1.29 is 8.78 Å². The van der Waals surface area contributed by atoms with Gasteiger partial charge in [-0.1, -0.05) is 35.3 Å². The molecule has 0 saturated heterocycles. The van der Waals surface area contributed by atoms with Crippen molar-refractivity contribution in [3.63, 3.8) is 0 Å². The molecule has 0 radical (unpaired) electrons. The van der Waals surface area contributed by atoms with Crippen molar-refractivity contribution in [2.75, 3.05) is 10.6 Å². The predicted octanol–water partition coefficient (Wildman–Crippen LogP) is 6.70. The van der Waals surface area contributed by atoms with Gasteiger partial charge in [-0.3, -0.25) is 0 Å². The van der Waals surface area contributed by atoms with Gasteiger partial charge in [0.25, 0.3) is 0 Å². The molecule has 4 aromatic rings. The van der Waals surface area contributed by atoms with E-state index in [9.17, 15) is 8.78 Å². The first-order chi connectivity index (χ1) is 13.5. The van der Waals surface area contributed by atoms with Crippen LogP contribution in [0.25, 0.3) is 11.0 Å². The molecule has 140 valence electrons. The molecule has 0 fully saturated rings. The van der Waals surface area contributed by atoms with Crippen LogP contribution in [0.15, 0.2) is 60.7 Å². The summed E-state index contributed by atoms with van der Waals surface area (Å²) in [6.07, 6.45) is 0. The van der Waals surface area contributed by atoms with Crippen LogP contribution in [-0.4, -0.2) is 9.97 Å². The summed E-state index contributed by atoms with van der Waals surface area (Å²) in [7, 11) is 0. The Balaban J connectivity index is 1.77. The van der Waals surface area contributed by atoms with Crippen LogP contribution < -0.4 is 10.6 Å². The lowest BCUT2D eigenvalue weighted by Crippen LogP contribution is -2.03. The highest BCUT2D eigenvalue weighted by molar-refractivity contribution is 6.31. The monoisotopic (exact) mass is 416 g/mol. The van der Waals surface area contributed by atoms with Crippen LogP contribution in [0.3, 0.4) is 0 Å². The normalized spacial score (nSPS) is 10.9. The molecular formula is C20H12Cl2F2N4. The number of benzene rings is 3. The Morgan fingerprint density at radius 2 is 1.07 bits per heavy atom. The summed E-state index contributed by atoms with van der Waals surface area (Å²) in [5.74, 6) is -0.434. The molecule has 0 aliphatic heterocycles. The molecule has 0 aliphatic carbocycles. The third-order valence-corrected chi connectivity index (χ3v) is 4.55. The van der Waals surface area contributed by atoms with E-state index in [1.165, 1.54) is 24.3 Å². The summed E-state index contributed by atoms with van der Waals surface area (Å²) in [6, 6.07) is 15.9. The summed E-state index contributed by atoms with van der Waals surface area (Å²) in [5, 5.41) is 6.09. The summed E-state index contributed by atoms with van der Waals surface area (Å²) in [6.45, 7) is 0. The molecule has 8 heteroatoms. The maximum atomic E-state index is 13.8. The number of anilines is 4. The maximum Gasteiger partial charge on any atom is 0.174 e. The van der Waals surface area contributed by atoms with Crippen molar-refractivity contribution in [1.82, 2.24) is 9.97 Å². The number of halogens is 4. The number of aromatic nitrogens is 2. The molecule has 0 aliphatic rings. The summed E-state index contributed by atoms with van der Waals surface area (Å²) >= 11 is 11.5. The van der Waals surface area contributed by atoms with E-state index in [2.05, 4.69) is 20.6 Å². The van der Waals surface area contributed by atoms with E-state index in [1.54, 1.807) is 12.1 Å². The molecule has 1 heterocycles. The molecule has 0 atom stereocenters. The van der Waals surface area contributed by atoms with Gasteiger partial charge >= 0.3 is 0 Å². The van der Waals surface area contributed by atoms with Crippen molar-refractivity contribution in [1.29, 1.82) is 0 Å². The minimum Gasteiger partial charge on any atom is -0.337 e. The number of nitrogens with zero attached hydrogens (tertiary/aromatic N) is 2. The van der Waals surface area contributed by atoms with Gasteiger partial charge in [0.2, 0.25) is 0 Å². The molecule has 0 amide bonds. The lowest BCUT2D eigenvalue weighted by atomic mass is 10.2. The predicted molar refractivity (Wildman–Crippen MR) is 109 cm³/mol. The van der Waals surface area contributed by atoms with Crippen LogP contribution in [0.5, 0.6) is 0 Å². The maximum absolute atomic E-state index is 13.8. The van der Waals surface area contributed by atoms with Crippen LogP contribution in [0, 0.1) is 11.6 Å². The first-order valence-electron chi connectivity index (χ1n) is 8.20. The molecular weight excluding hydrogens is 405 g/mol. The lowest BCUT2D eigenvalue weighted by molar-refractivity contribution is 0.628. The summed E-state index contributed by atoms with van der Waals surface area (Å²) in [5.41, 5.74) is 2.17. The molecule has 3 aromatic carbocycles. The highest BCUT2D eigenvalue weighted by Crippen LogP contribution is 2.29. The fourth-order valence-corrected chi connectivity index (χ4v) is 2.83. The van der Waals surface area contributed by atoms with Gasteiger partial charge in [0.1, 0.15) is 11.6 Å². The van der Waals surface area contributed by atoms with E-state index < -0.39 is 11.6 Å². The number of hydrogen-bond acceptors (Lipinski definition) is 4. The van der Waals surface area contributed by atoms with Gasteiger partial charge in [-0.05, 0) is 48.5 Å². The second-order valence-corrected chi connectivity index (χ2v) is 6.73. The molecule has 0 spiro atoms. The molecule has 28 heavy (non-hydrogen) atoms. The van der Waals surface area contributed by atoms with Gasteiger partial charge < -0.3 is 10.6 Å². The Labute approximate surface area is 169 Å². The highest BCUT2D eigenvalue weighted by Gasteiger charge is 2.12. The molecule has 1 aromatic heterocycles. The lowest BCUT2D eigenvalue weighted by Gasteiger charge is -2.14. The minimum atomic E-state index is -0.560. The van der Waals surface area contributed by atoms with Crippen molar-refractivity contribution in [3.05, 3.63) is 82.3 Å². The van der Waals surface area contributed by atoms with E-state index in [1.807, 2.05) is 24.3 Å². The standard InChI is InChI=1S/C20H12Cl2F2N4/c21-13-7-5-11(9-15(13)23)25-19-20(26-12-6-8-14(22)16(24)10-12)28-18-4-2-1-3-17(18)27-19/h1-10H,(H,25,27)(H,26,28). The topological polar surface area (TPSA) is 49.8 Å². The Morgan fingerprint density at radius 3 is 1.46 bits per heavy atom. The second kappa shape index (κ2) is 7.58. The zero-order valence-electron chi connectivity index (χ0n) is 14.2. The fraction of sp³-hybridized carbons (Fsp3) is 0. The molecule has 4 rings (SSSR count). The van der Waals surface area contributed by atoms with Crippen LogP contribution in [0.2, 0.25) is 10.0 Å².